The lowest BCUT2D eigenvalue weighted by molar-refractivity contribution is -0.477. The summed E-state index contributed by atoms with van der Waals surface area (Å²) in [5, 5.41) is 2.50. The zero-order valence-corrected chi connectivity index (χ0v) is 22.1. The largest absolute Gasteiger partial charge is 0.744 e. The lowest BCUT2D eigenvalue weighted by atomic mass is 10.1. The molecule has 0 fully saturated rings. The second-order valence-corrected chi connectivity index (χ2v) is 10.7. The quantitative estimate of drug-likeness (QED) is 0.139. The summed E-state index contributed by atoms with van der Waals surface area (Å²) in [4.78, 5) is 26.7. The number of carbonyl (C=O) groups excluding carboxylic acids is 2. The normalized spacial score (nSPS) is 11.4. The molecule has 11 nitrogen and oxygen atoms in total. The van der Waals surface area contributed by atoms with Crippen LogP contribution in [0.4, 0.5) is 4.79 Å². The molecule has 0 aromatic heterocycles. The fraction of sp³-hybridized carbons (Fsp3) is 0.375. The molecule has 36 heavy (non-hydrogen) atoms. The van der Waals surface area contributed by atoms with Crippen LogP contribution >= 0.6 is 0 Å². The summed E-state index contributed by atoms with van der Waals surface area (Å²) in [6.45, 7) is 10.6. The van der Waals surface area contributed by atoms with Crippen molar-refractivity contribution in [3.63, 3.8) is 0 Å². The Morgan fingerprint density at radius 3 is 1.94 bits per heavy atom. The molecule has 0 aliphatic carbocycles. The maximum absolute atomic E-state index is 12.3. The van der Waals surface area contributed by atoms with E-state index in [0.717, 1.165) is 11.1 Å². The van der Waals surface area contributed by atoms with E-state index in [1.54, 1.807) is 57.2 Å². The first kappa shape index (κ1) is 30.4. The first-order valence-electron chi connectivity index (χ1n) is 10.9. The fourth-order valence-corrected chi connectivity index (χ4v) is 2.90. The number of esters is 1. The highest BCUT2D eigenvalue weighted by Gasteiger charge is 2.33. The van der Waals surface area contributed by atoms with E-state index >= 15 is 0 Å². The van der Waals surface area contributed by atoms with Crippen LogP contribution in [0.25, 0.3) is 0 Å². The average molecular weight is 523 g/mol. The second-order valence-electron chi connectivity index (χ2n) is 9.36. The van der Waals surface area contributed by atoms with Gasteiger partial charge in [-0.15, -0.1) is 0 Å². The molecule has 0 saturated carbocycles. The highest BCUT2D eigenvalue weighted by atomic mass is 32.2. The molecule has 198 valence electrons. The van der Waals surface area contributed by atoms with E-state index in [1.807, 2.05) is 6.92 Å². The lowest BCUT2D eigenvalue weighted by Crippen LogP contribution is -2.76. The third kappa shape index (κ3) is 11.7. The monoisotopic (exact) mass is 522 g/mol. The van der Waals surface area contributed by atoms with E-state index < -0.39 is 33.3 Å². The van der Waals surface area contributed by atoms with Crippen LogP contribution in [0.2, 0.25) is 0 Å². The molecule has 12 heteroatoms. The van der Waals surface area contributed by atoms with Crippen LogP contribution in [0.3, 0.4) is 0 Å². The minimum atomic E-state index is -4.27. The molecule has 0 unspecified atom stereocenters. The Labute approximate surface area is 211 Å². The number of aryl methyl sites for hydroxylation is 1. The number of guanidine groups is 1. The van der Waals surface area contributed by atoms with Gasteiger partial charge in [-0.2, -0.15) is 0 Å². The third-order valence-corrected chi connectivity index (χ3v) is 5.11. The second kappa shape index (κ2) is 12.4. The lowest BCUT2D eigenvalue weighted by Gasteiger charge is -2.26. The minimum Gasteiger partial charge on any atom is -0.744 e. The first-order chi connectivity index (χ1) is 16.4. The van der Waals surface area contributed by atoms with Crippen molar-refractivity contribution in [3.05, 3.63) is 59.7 Å². The number of ether oxygens (including phenoxy) is 2. The van der Waals surface area contributed by atoms with Gasteiger partial charge in [-0.3, -0.25) is 16.5 Å². The fourth-order valence-electron chi connectivity index (χ4n) is 2.43. The van der Waals surface area contributed by atoms with Crippen LogP contribution < -0.4 is 26.5 Å². The zero-order chi connectivity index (χ0) is 27.7. The van der Waals surface area contributed by atoms with Gasteiger partial charge in [-0.05, 0) is 71.4 Å². The van der Waals surface area contributed by atoms with Gasteiger partial charge < -0.3 is 19.3 Å². The predicted octanol–water partition coefficient (Wildman–Crippen LogP) is 0.648. The van der Waals surface area contributed by atoms with E-state index in [1.165, 1.54) is 26.0 Å². The van der Waals surface area contributed by atoms with Crippen molar-refractivity contribution in [1.29, 1.82) is 0 Å². The van der Waals surface area contributed by atoms with Crippen LogP contribution in [0.1, 0.15) is 45.7 Å². The van der Waals surface area contributed by atoms with Crippen molar-refractivity contribution >= 4 is 28.1 Å². The summed E-state index contributed by atoms with van der Waals surface area (Å²) < 4.78 is 41.6. The molecule has 0 radical (unpaired) electrons. The number of benzene rings is 2. The standard InChI is InChI=1S/C17H26N4O4.C7H8O3S/c1-16(2,3)25-15(23)21-17(4,5)13(22)24-12-8-6-11(7-9-12)10-20-14(18)19;1-6-2-4-7(5-3-6)11(8,9)10/h6-9H,10H2,1-5H3,(H,21,23)(H4,18,19,20);2-5H,1H3,(H,8,9,10). The van der Waals surface area contributed by atoms with Gasteiger partial charge in [0.25, 0.3) is 0 Å². The number of nitrogens with two attached hydrogens (primary N) is 2. The van der Waals surface area contributed by atoms with Gasteiger partial charge in [0, 0.05) is 0 Å². The summed E-state index contributed by atoms with van der Waals surface area (Å²) in [5.41, 5.74) is 10.6. The van der Waals surface area contributed by atoms with Gasteiger partial charge in [-0.1, -0.05) is 29.8 Å². The topological polar surface area (TPSA) is 188 Å². The summed E-state index contributed by atoms with van der Waals surface area (Å²) >= 11 is 0. The number of hydrogen-bond acceptors (Lipinski definition) is 7. The van der Waals surface area contributed by atoms with Crippen molar-refractivity contribution < 1.29 is 37.0 Å². The Morgan fingerprint density at radius 2 is 1.50 bits per heavy atom. The summed E-state index contributed by atoms with van der Waals surface area (Å²) in [6.07, 6.45) is -0.688. The van der Waals surface area contributed by atoms with Gasteiger partial charge in [-0.25, -0.2) is 18.0 Å². The van der Waals surface area contributed by atoms with Crippen molar-refractivity contribution in [3.8, 4) is 5.75 Å². The van der Waals surface area contributed by atoms with Crippen LogP contribution in [-0.2, 0) is 26.2 Å². The minimum absolute atomic E-state index is 0.130. The van der Waals surface area contributed by atoms with Gasteiger partial charge in [0.2, 0.25) is 0 Å². The van der Waals surface area contributed by atoms with E-state index in [4.69, 9.17) is 20.9 Å². The molecule has 2 aromatic carbocycles. The highest BCUT2D eigenvalue weighted by molar-refractivity contribution is 7.85. The number of rotatable bonds is 6. The number of carbonyl (C=O) groups is 2. The molecule has 0 saturated heterocycles. The van der Waals surface area contributed by atoms with Gasteiger partial charge in [0.15, 0.2) is 0 Å². The van der Waals surface area contributed by atoms with Crippen LogP contribution in [0.15, 0.2) is 53.4 Å². The van der Waals surface area contributed by atoms with E-state index in [2.05, 4.69) is 10.3 Å². The third-order valence-electron chi connectivity index (χ3n) is 4.26. The predicted molar refractivity (Wildman–Crippen MR) is 133 cm³/mol. The molecule has 0 spiro atoms. The Balaban J connectivity index is 0.000000488. The molecule has 0 aliphatic heterocycles. The Morgan fingerprint density at radius 1 is 0.972 bits per heavy atom. The molecular weight excluding hydrogens is 488 g/mol. The smallest absolute Gasteiger partial charge is 0.408 e. The molecule has 1 amide bonds. The maximum atomic E-state index is 12.3. The van der Waals surface area contributed by atoms with Gasteiger partial charge in [0.05, 0.1) is 11.4 Å². The van der Waals surface area contributed by atoms with Gasteiger partial charge in [0.1, 0.15) is 27.0 Å². The highest BCUT2D eigenvalue weighted by Crippen LogP contribution is 2.16. The molecule has 2 rings (SSSR count). The molecular formula is C24H34N4O7S. The van der Waals surface area contributed by atoms with E-state index in [0.29, 0.717) is 12.3 Å². The first-order valence-corrected chi connectivity index (χ1v) is 12.3. The van der Waals surface area contributed by atoms with Crippen molar-refractivity contribution in [2.75, 3.05) is 0 Å². The number of alkyl carbamates (subject to hydrolysis) is 1. The molecule has 0 aliphatic rings. The van der Waals surface area contributed by atoms with Crippen LogP contribution in [-0.4, -0.2) is 42.1 Å². The van der Waals surface area contributed by atoms with E-state index in [-0.39, 0.29) is 10.9 Å². The molecule has 0 heterocycles. The molecule has 6 N–H and O–H groups in total. The Kier molecular flexibility index (Phi) is 10.4. The Hall–Kier alpha value is -3.64. The van der Waals surface area contributed by atoms with Crippen molar-refractivity contribution in [2.45, 2.75) is 64.1 Å². The SMILES string of the molecule is CC(C)(C)OC(=O)NC(C)(C)C(=O)Oc1ccc(C[NH+]=C(N)N)cc1.Cc1ccc(S(=O)(=O)[O-])cc1. The summed E-state index contributed by atoms with van der Waals surface area (Å²) in [5.74, 6) is -0.119. The molecule has 2 aromatic rings. The zero-order valence-electron chi connectivity index (χ0n) is 21.2. The average Bonchev–Trinajstić information content (AvgIpc) is 2.71. The summed E-state index contributed by atoms with van der Waals surface area (Å²) in [6, 6.07) is 12.6. The van der Waals surface area contributed by atoms with Gasteiger partial charge >= 0.3 is 18.0 Å². The number of amides is 1. The number of hydrogen-bond donors (Lipinski definition) is 4. The summed E-state index contributed by atoms with van der Waals surface area (Å²) in [7, 11) is -4.27. The van der Waals surface area contributed by atoms with Crippen LogP contribution in [0.5, 0.6) is 5.75 Å². The Bertz CT molecular complexity index is 1160. The molecule has 0 atom stereocenters. The van der Waals surface area contributed by atoms with Crippen LogP contribution in [0, 0.1) is 6.92 Å². The van der Waals surface area contributed by atoms with Crippen molar-refractivity contribution in [2.24, 2.45) is 11.5 Å². The maximum Gasteiger partial charge on any atom is 0.408 e. The van der Waals surface area contributed by atoms with Crippen molar-refractivity contribution in [1.82, 2.24) is 5.32 Å². The van der Waals surface area contributed by atoms with E-state index in [9.17, 15) is 22.6 Å². The molecule has 0 bridgehead atoms. The number of nitrogens with one attached hydrogen (secondary N) is 2.